The lowest BCUT2D eigenvalue weighted by Gasteiger charge is -2.39. The van der Waals surface area contributed by atoms with Crippen molar-refractivity contribution in [1.29, 1.82) is 0 Å². The summed E-state index contributed by atoms with van der Waals surface area (Å²) in [5.74, 6) is -0.145. The van der Waals surface area contributed by atoms with E-state index in [4.69, 9.17) is 17.3 Å². The lowest BCUT2D eigenvalue weighted by Crippen LogP contribution is -2.51. The highest BCUT2D eigenvalue weighted by atomic mass is 35.5. The predicted octanol–water partition coefficient (Wildman–Crippen LogP) is 2.61. The summed E-state index contributed by atoms with van der Waals surface area (Å²) in [5, 5.41) is 0.299. The van der Waals surface area contributed by atoms with E-state index in [1.165, 1.54) is 12.1 Å². The summed E-state index contributed by atoms with van der Waals surface area (Å²) in [6, 6.07) is 4.51. The highest BCUT2D eigenvalue weighted by Crippen LogP contribution is 2.25. The molecule has 1 aliphatic rings. The quantitative estimate of drug-likeness (QED) is 0.932. The summed E-state index contributed by atoms with van der Waals surface area (Å²) in [6.07, 6.45) is 2.04. The van der Waals surface area contributed by atoms with E-state index >= 15 is 0 Å². The maximum absolute atomic E-state index is 13.8. The Hall–Kier alpha value is -1.13. The largest absolute Gasteiger partial charge is 0.338 e. The van der Waals surface area contributed by atoms with Crippen LogP contribution in [0.4, 0.5) is 4.39 Å². The molecule has 1 aliphatic heterocycles. The molecule has 0 spiro atoms. The maximum Gasteiger partial charge on any atom is 0.227 e. The summed E-state index contributed by atoms with van der Waals surface area (Å²) in [4.78, 5) is 14.2. The van der Waals surface area contributed by atoms with Crippen LogP contribution in [0, 0.1) is 11.7 Å². The molecule has 0 saturated carbocycles. The zero-order valence-electron chi connectivity index (χ0n) is 11.6. The predicted molar refractivity (Wildman–Crippen MR) is 78.1 cm³/mol. The fourth-order valence-corrected chi connectivity index (χ4v) is 3.10. The van der Waals surface area contributed by atoms with Crippen LogP contribution in [-0.4, -0.2) is 29.9 Å². The molecular formula is C15H20ClFN2O. The van der Waals surface area contributed by atoms with E-state index < -0.39 is 5.82 Å². The molecule has 1 aromatic rings. The van der Waals surface area contributed by atoms with Gasteiger partial charge in [0.15, 0.2) is 0 Å². The van der Waals surface area contributed by atoms with E-state index in [2.05, 4.69) is 6.92 Å². The van der Waals surface area contributed by atoms with Crippen molar-refractivity contribution in [2.24, 2.45) is 11.7 Å². The number of nitrogens with two attached hydrogens (primary N) is 1. The fraction of sp³-hybridized carbons (Fsp3) is 0.533. The molecule has 0 radical (unpaired) electrons. The van der Waals surface area contributed by atoms with Crippen molar-refractivity contribution in [2.45, 2.75) is 32.2 Å². The van der Waals surface area contributed by atoms with Gasteiger partial charge < -0.3 is 10.6 Å². The number of halogens is 2. The summed E-state index contributed by atoms with van der Waals surface area (Å²) < 4.78 is 13.8. The molecule has 1 fully saturated rings. The van der Waals surface area contributed by atoms with Crippen LogP contribution in [0.5, 0.6) is 0 Å². The van der Waals surface area contributed by atoms with Gasteiger partial charge in [0.1, 0.15) is 5.82 Å². The molecule has 2 N–H and O–H groups in total. The number of carbonyl (C=O) groups excluding carboxylic acids is 1. The molecule has 1 amide bonds. The number of carbonyl (C=O) groups is 1. The standard InChI is InChI=1S/C15H20ClFN2O/c1-10-4-3-7-19(14(10)9-18)15(20)8-11-12(16)5-2-6-13(11)17/h2,5-6,10,14H,3-4,7-9,18H2,1H3. The van der Waals surface area contributed by atoms with Gasteiger partial charge in [-0.3, -0.25) is 4.79 Å². The van der Waals surface area contributed by atoms with E-state index in [0.717, 1.165) is 12.8 Å². The molecule has 0 aromatic heterocycles. The van der Waals surface area contributed by atoms with Crippen molar-refractivity contribution in [1.82, 2.24) is 4.90 Å². The van der Waals surface area contributed by atoms with Crippen LogP contribution >= 0.6 is 11.6 Å². The van der Waals surface area contributed by atoms with Gasteiger partial charge in [-0.2, -0.15) is 0 Å². The van der Waals surface area contributed by atoms with Crippen LogP contribution in [0.3, 0.4) is 0 Å². The molecule has 5 heteroatoms. The zero-order valence-corrected chi connectivity index (χ0v) is 12.4. The Kier molecular flexibility index (Phi) is 5.00. The van der Waals surface area contributed by atoms with Gasteiger partial charge in [-0.25, -0.2) is 4.39 Å². The molecule has 110 valence electrons. The normalized spacial score (nSPS) is 22.9. The Balaban J connectivity index is 2.15. The molecule has 2 unspecified atom stereocenters. The molecule has 3 nitrogen and oxygen atoms in total. The monoisotopic (exact) mass is 298 g/mol. The van der Waals surface area contributed by atoms with Gasteiger partial charge in [-0.15, -0.1) is 0 Å². The van der Waals surface area contributed by atoms with Gasteiger partial charge in [0.2, 0.25) is 5.91 Å². The molecule has 1 heterocycles. The second-order valence-corrected chi connectivity index (χ2v) is 5.79. The molecule has 0 bridgehead atoms. The molecular weight excluding hydrogens is 279 g/mol. The average molecular weight is 299 g/mol. The Morgan fingerprint density at radius 2 is 2.30 bits per heavy atom. The minimum absolute atomic E-state index is 0.00523. The van der Waals surface area contributed by atoms with E-state index in [-0.39, 0.29) is 23.9 Å². The SMILES string of the molecule is CC1CCCN(C(=O)Cc2c(F)cccc2Cl)C1CN. The van der Waals surface area contributed by atoms with Gasteiger partial charge in [0, 0.05) is 29.7 Å². The van der Waals surface area contributed by atoms with Gasteiger partial charge in [0.25, 0.3) is 0 Å². The first-order valence-corrected chi connectivity index (χ1v) is 7.34. The van der Waals surface area contributed by atoms with Gasteiger partial charge in [-0.05, 0) is 30.9 Å². The summed E-state index contributed by atoms with van der Waals surface area (Å²) in [5.41, 5.74) is 6.05. The molecule has 2 rings (SSSR count). The van der Waals surface area contributed by atoms with Crippen molar-refractivity contribution in [3.63, 3.8) is 0 Å². The Morgan fingerprint density at radius 1 is 1.55 bits per heavy atom. The second kappa shape index (κ2) is 6.55. The molecule has 2 atom stereocenters. The fourth-order valence-electron chi connectivity index (χ4n) is 2.87. The number of nitrogens with zero attached hydrogens (tertiary/aromatic N) is 1. The highest BCUT2D eigenvalue weighted by molar-refractivity contribution is 6.31. The Labute approximate surface area is 123 Å². The molecule has 1 saturated heterocycles. The number of amides is 1. The van der Waals surface area contributed by atoms with E-state index in [1.807, 2.05) is 0 Å². The third kappa shape index (κ3) is 3.13. The second-order valence-electron chi connectivity index (χ2n) is 5.39. The third-order valence-corrected chi connectivity index (χ3v) is 4.42. The molecule has 1 aromatic carbocycles. The van der Waals surface area contributed by atoms with Crippen LogP contribution in [0.15, 0.2) is 18.2 Å². The minimum Gasteiger partial charge on any atom is -0.338 e. The highest BCUT2D eigenvalue weighted by Gasteiger charge is 2.31. The van der Waals surface area contributed by atoms with Crippen LogP contribution in [0.25, 0.3) is 0 Å². The number of benzene rings is 1. The molecule has 20 heavy (non-hydrogen) atoms. The lowest BCUT2D eigenvalue weighted by molar-refractivity contribution is -0.135. The smallest absolute Gasteiger partial charge is 0.227 e. The number of hydrogen-bond donors (Lipinski definition) is 1. The van der Waals surface area contributed by atoms with Crippen LogP contribution < -0.4 is 5.73 Å². The van der Waals surface area contributed by atoms with Crippen molar-refractivity contribution >= 4 is 17.5 Å². The van der Waals surface area contributed by atoms with Crippen molar-refractivity contribution in [3.05, 3.63) is 34.6 Å². The van der Waals surface area contributed by atoms with E-state index in [9.17, 15) is 9.18 Å². The first kappa shape index (κ1) is 15.3. The molecule has 0 aliphatic carbocycles. The van der Waals surface area contributed by atoms with Crippen LogP contribution in [0.1, 0.15) is 25.3 Å². The van der Waals surface area contributed by atoms with E-state index in [1.54, 1.807) is 11.0 Å². The van der Waals surface area contributed by atoms with Gasteiger partial charge >= 0.3 is 0 Å². The van der Waals surface area contributed by atoms with E-state index in [0.29, 0.717) is 24.0 Å². The first-order valence-electron chi connectivity index (χ1n) is 6.97. The minimum atomic E-state index is -0.430. The van der Waals surface area contributed by atoms with Gasteiger partial charge in [0.05, 0.1) is 6.42 Å². The van der Waals surface area contributed by atoms with Gasteiger partial charge in [-0.1, -0.05) is 24.6 Å². The summed E-state index contributed by atoms with van der Waals surface area (Å²) >= 11 is 5.98. The maximum atomic E-state index is 13.8. The van der Waals surface area contributed by atoms with Crippen LogP contribution in [0.2, 0.25) is 5.02 Å². The summed E-state index contributed by atoms with van der Waals surface area (Å²) in [6.45, 7) is 3.24. The lowest BCUT2D eigenvalue weighted by atomic mass is 9.90. The number of rotatable bonds is 3. The first-order chi connectivity index (χ1) is 9.54. The number of piperidine rings is 1. The third-order valence-electron chi connectivity index (χ3n) is 4.07. The van der Waals surface area contributed by atoms with Crippen molar-refractivity contribution < 1.29 is 9.18 Å². The van der Waals surface area contributed by atoms with Crippen molar-refractivity contribution in [3.8, 4) is 0 Å². The van der Waals surface area contributed by atoms with Crippen molar-refractivity contribution in [2.75, 3.05) is 13.1 Å². The Morgan fingerprint density at radius 3 is 2.95 bits per heavy atom. The summed E-state index contributed by atoms with van der Waals surface area (Å²) in [7, 11) is 0. The number of hydrogen-bond acceptors (Lipinski definition) is 2. The van der Waals surface area contributed by atoms with Crippen LogP contribution in [-0.2, 0) is 11.2 Å². The Bertz CT molecular complexity index is 475. The number of likely N-dealkylation sites (tertiary alicyclic amines) is 1. The topological polar surface area (TPSA) is 46.3 Å². The zero-order chi connectivity index (χ0) is 14.7. The average Bonchev–Trinajstić information content (AvgIpc) is 2.42.